The number of ether oxygens (including phenoxy) is 1. The molecule has 0 aliphatic carbocycles. The minimum Gasteiger partial charge on any atom is -0.491 e. The van der Waals surface area contributed by atoms with E-state index in [4.69, 9.17) is 4.74 Å². The van der Waals surface area contributed by atoms with Crippen molar-refractivity contribution in [3.8, 4) is 5.75 Å². The molecule has 0 saturated heterocycles. The fraction of sp³-hybridized carbons (Fsp3) is 0.538. The summed E-state index contributed by atoms with van der Waals surface area (Å²) in [6, 6.07) is 3.48. The maximum Gasteiger partial charge on any atom is 0.181 e. The second-order valence-electron chi connectivity index (χ2n) is 4.56. The lowest BCUT2D eigenvalue weighted by Gasteiger charge is -2.10. The predicted molar refractivity (Wildman–Crippen MR) is 63.8 cm³/mol. The normalized spacial score (nSPS) is 10.9. The lowest BCUT2D eigenvalue weighted by atomic mass is 10.0. The second kappa shape index (κ2) is 5.64. The molecule has 3 heteroatoms. The minimum atomic E-state index is 0.0733. The van der Waals surface area contributed by atoms with E-state index in [0.29, 0.717) is 23.8 Å². The number of rotatable bonds is 5. The number of Topliss-reactive ketones (excluding diaryl/α,β-unsaturated/α-hetero) is 1. The maximum absolute atomic E-state index is 11.8. The van der Waals surface area contributed by atoms with Crippen LogP contribution in [0.2, 0.25) is 0 Å². The molecule has 1 aromatic rings. The van der Waals surface area contributed by atoms with Gasteiger partial charge in [0.15, 0.2) is 5.78 Å². The van der Waals surface area contributed by atoms with Gasteiger partial charge in [0.25, 0.3) is 0 Å². The second-order valence-corrected chi connectivity index (χ2v) is 4.56. The summed E-state index contributed by atoms with van der Waals surface area (Å²) in [4.78, 5) is 15.8. The van der Waals surface area contributed by atoms with Gasteiger partial charge in [-0.25, -0.2) is 0 Å². The van der Waals surface area contributed by atoms with Crippen molar-refractivity contribution in [3.63, 3.8) is 0 Å². The van der Waals surface area contributed by atoms with Crippen LogP contribution in [0.3, 0.4) is 0 Å². The molecule has 0 fully saturated rings. The average Bonchev–Trinajstić information content (AvgIpc) is 2.16. The van der Waals surface area contributed by atoms with E-state index in [0.717, 1.165) is 0 Å². The van der Waals surface area contributed by atoms with Crippen LogP contribution >= 0.6 is 0 Å². The number of hydrogen-bond acceptors (Lipinski definition) is 3. The number of ketones is 1. The highest BCUT2D eigenvalue weighted by atomic mass is 16.5. The first-order chi connectivity index (χ1) is 7.49. The van der Waals surface area contributed by atoms with Crippen molar-refractivity contribution < 1.29 is 9.53 Å². The molecule has 0 bridgehead atoms. The third kappa shape index (κ3) is 4.01. The van der Waals surface area contributed by atoms with Crippen LogP contribution in [0.4, 0.5) is 0 Å². The Balaban J connectivity index is 2.77. The fourth-order valence-electron chi connectivity index (χ4n) is 1.38. The van der Waals surface area contributed by atoms with Crippen molar-refractivity contribution in [2.24, 2.45) is 5.92 Å². The Hall–Kier alpha value is -1.38. The van der Waals surface area contributed by atoms with Crippen molar-refractivity contribution in [1.82, 2.24) is 4.98 Å². The summed E-state index contributed by atoms with van der Waals surface area (Å²) in [7, 11) is 0. The summed E-state index contributed by atoms with van der Waals surface area (Å²) in [6.45, 7) is 7.95. The molecule has 0 amide bonds. The Kier molecular flexibility index (Phi) is 4.47. The molecule has 0 spiro atoms. The number of aromatic nitrogens is 1. The summed E-state index contributed by atoms with van der Waals surface area (Å²) in [5.41, 5.74) is 0.492. The number of pyridine rings is 1. The summed E-state index contributed by atoms with van der Waals surface area (Å²) in [5, 5.41) is 0. The van der Waals surface area contributed by atoms with Crippen LogP contribution in [0.25, 0.3) is 0 Å². The van der Waals surface area contributed by atoms with Crippen LogP contribution in [0.15, 0.2) is 18.3 Å². The third-order valence-electron chi connectivity index (χ3n) is 1.98. The summed E-state index contributed by atoms with van der Waals surface area (Å²) < 4.78 is 5.52. The lowest BCUT2D eigenvalue weighted by molar-refractivity contribution is 0.0962. The molecule has 1 aromatic heterocycles. The molecule has 3 nitrogen and oxygen atoms in total. The van der Waals surface area contributed by atoms with E-state index in [1.54, 1.807) is 18.3 Å². The van der Waals surface area contributed by atoms with E-state index >= 15 is 0 Å². The fourth-order valence-corrected chi connectivity index (χ4v) is 1.38. The van der Waals surface area contributed by atoms with Crippen molar-refractivity contribution in [1.29, 1.82) is 0 Å². The van der Waals surface area contributed by atoms with Gasteiger partial charge in [-0.05, 0) is 25.8 Å². The molecule has 0 aliphatic heterocycles. The van der Waals surface area contributed by atoms with Gasteiger partial charge in [0.05, 0.1) is 6.10 Å². The molecule has 0 radical (unpaired) electrons. The van der Waals surface area contributed by atoms with Gasteiger partial charge >= 0.3 is 0 Å². The molecule has 16 heavy (non-hydrogen) atoms. The Morgan fingerprint density at radius 3 is 2.62 bits per heavy atom. The number of hydrogen-bond donors (Lipinski definition) is 0. The molecule has 0 atom stereocenters. The zero-order valence-electron chi connectivity index (χ0n) is 10.4. The number of carbonyl (C=O) groups excluding carboxylic acids is 1. The smallest absolute Gasteiger partial charge is 0.181 e. The minimum absolute atomic E-state index is 0.0733. The van der Waals surface area contributed by atoms with E-state index in [-0.39, 0.29) is 11.9 Å². The molecule has 0 unspecified atom stereocenters. The standard InChI is InChI=1S/C13H19NO2/c1-9(2)7-13(15)12-8-11(5-6-14-12)16-10(3)4/h5-6,8-10H,7H2,1-4H3. The molecule has 1 heterocycles. The average molecular weight is 221 g/mol. The van der Waals surface area contributed by atoms with Gasteiger partial charge in [-0.15, -0.1) is 0 Å². The quantitative estimate of drug-likeness (QED) is 0.717. The Bertz CT molecular complexity index is 359. The molecule has 0 aliphatic rings. The third-order valence-corrected chi connectivity index (χ3v) is 1.98. The van der Waals surface area contributed by atoms with Crippen molar-refractivity contribution in [2.75, 3.05) is 0 Å². The van der Waals surface area contributed by atoms with Gasteiger partial charge < -0.3 is 4.74 Å². The largest absolute Gasteiger partial charge is 0.491 e. The number of nitrogens with zero attached hydrogens (tertiary/aromatic N) is 1. The Morgan fingerprint density at radius 2 is 2.06 bits per heavy atom. The van der Waals surface area contributed by atoms with Gasteiger partial charge in [0.2, 0.25) is 0 Å². The van der Waals surface area contributed by atoms with Crippen LogP contribution < -0.4 is 4.74 Å². The molecule has 88 valence electrons. The number of carbonyl (C=O) groups is 1. The summed E-state index contributed by atoms with van der Waals surface area (Å²) >= 11 is 0. The van der Waals surface area contributed by atoms with E-state index in [9.17, 15) is 4.79 Å². The summed E-state index contributed by atoms with van der Waals surface area (Å²) in [5.74, 6) is 1.13. The SMILES string of the molecule is CC(C)CC(=O)c1cc(OC(C)C)ccn1. The summed E-state index contributed by atoms with van der Waals surface area (Å²) in [6.07, 6.45) is 2.25. The van der Waals surface area contributed by atoms with Gasteiger partial charge in [-0.2, -0.15) is 0 Å². The first kappa shape index (κ1) is 12.7. The highest BCUT2D eigenvalue weighted by Crippen LogP contribution is 2.15. The van der Waals surface area contributed by atoms with Crippen LogP contribution in [-0.2, 0) is 0 Å². The topological polar surface area (TPSA) is 39.2 Å². The monoisotopic (exact) mass is 221 g/mol. The van der Waals surface area contributed by atoms with E-state index in [2.05, 4.69) is 4.98 Å². The Morgan fingerprint density at radius 1 is 1.38 bits per heavy atom. The van der Waals surface area contributed by atoms with Crippen LogP contribution in [0, 0.1) is 5.92 Å². The predicted octanol–water partition coefficient (Wildman–Crippen LogP) is 3.10. The first-order valence-corrected chi connectivity index (χ1v) is 5.65. The van der Waals surface area contributed by atoms with E-state index < -0.39 is 0 Å². The van der Waals surface area contributed by atoms with Crippen LogP contribution in [0.1, 0.15) is 44.6 Å². The van der Waals surface area contributed by atoms with Crippen molar-refractivity contribution >= 4 is 5.78 Å². The van der Waals surface area contributed by atoms with Crippen LogP contribution in [-0.4, -0.2) is 16.9 Å². The van der Waals surface area contributed by atoms with Gasteiger partial charge in [-0.3, -0.25) is 9.78 Å². The molecule has 0 saturated carbocycles. The molecule has 0 aromatic carbocycles. The zero-order valence-corrected chi connectivity index (χ0v) is 10.4. The van der Waals surface area contributed by atoms with Crippen LogP contribution in [0.5, 0.6) is 5.75 Å². The molecule has 0 N–H and O–H groups in total. The van der Waals surface area contributed by atoms with Gasteiger partial charge in [-0.1, -0.05) is 13.8 Å². The van der Waals surface area contributed by atoms with E-state index in [1.165, 1.54) is 0 Å². The van der Waals surface area contributed by atoms with Crippen molar-refractivity contribution in [2.45, 2.75) is 40.2 Å². The van der Waals surface area contributed by atoms with Crippen molar-refractivity contribution in [3.05, 3.63) is 24.0 Å². The molecular formula is C13H19NO2. The molecular weight excluding hydrogens is 202 g/mol. The maximum atomic E-state index is 11.8. The Labute approximate surface area is 96.8 Å². The highest BCUT2D eigenvalue weighted by Gasteiger charge is 2.10. The van der Waals surface area contributed by atoms with Gasteiger partial charge in [0, 0.05) is 18.7 Å². The van der Waals surface area contributed by atoms with Gasteiger partial charge in [0.1, 0.15) is 11.4 Å². The zero-order chi connectivity index (χ0) is 12.1. The lowest BCUT2D eigenvalue weighted by Crippen LogP contribution is -2.09. The first-order valence-electron chi connectivity index (χ1n) is 5.65. The highest BCUT2D eigenvalue weighted by molar-refractivity contribution is 5.94. The van der Waals surface area contributed by atoms with E-state index in [1.807, 2.05) is 27.7 Å². The molecule has 1 rings (SSSR count).